The van der Waals surface area contributed by atoms with Crippen LogP contribution in [0.3, 0.4) is 0 Å². The van der Waals surface area contributed by atoms with Crippen LogP contribution in [0.25, 0.3) is 0 Å². The highest BCUT2D eigenvalue weighted by molar-refractivity contribution is 5.17. The van der Waals surface area contributed by atoms with Crippen molar-refractivity contribution in [1.82, 2.24) is 5.32 Å². The Kier molecular flexibility index (Phi) is 5.50. The summed E-state index contributed by atoms with van der Waals surface area (Å²) >= 11 is 0. The smallest absolute Gasteiger partial charge is 0.126 e. The lowest BCUT2D eigenvalue weighted by molar-refractivity contribution is 0.244. The molecule has 0 bridgehead atoms. The molecule has 0 radical (unpaired) electrons. The first-order valence-corrected chi connectivity index (χ1v) is 5.10. The highest BCUT2D eigenvalue weighted by Gasteiger charge is 1.99. The molecule has 0 unspecified atom stereocenters. The Morgan fingerprint density at radius 3 is 2.56 bits per heavy atom. The largest absolute Gasteiger partial charge is 0.502 e. The van der Waals surface area contributed by atoms with E-state index in [2.05, 4.69) is 11.9 Å². The summed E-state index contributed by atoms with van der Waals surface area (Å²) in [5.41, 5.74) is 0.599. The molecule has 0 atom stereocenters. The van der Waals surface area contributed by atoms with Crippen molar-refractivity contribution in [1.29, 1.82) is 0 Å². The molecular formula is C12H15F2NO. The van der Waals surface area contributed by atoms with E-state index in [9.17, 15) is 8.78 Å². The maximum atomic E-state index is 12.8. The molecule has 0 aromatic heterocycles. The molecular weight excluding hydrogens is 212 g/mol. The molecule has 4 heteroatoms. The Balaban J connectivity index is 2.23. The Morgan fingerprint density at radius 2 is 1.94 bits per heavy atom. The monoisotopic (exact) mass is 227 g/mol. The van der Waals surface area contributed by atoms with Gasteiger partial charge in [-0.3, -0.25) is 0 Å². The summed E-state index contributed by atoms with van der Waals surface area (Å²) in [7, 11) is 0. The van der Waals surface area contributed by atoms with Crippen molar-refractivity contribution in [2.45, 2.75) is 13.0 Å². The molecule has 0 heterocycles. The fourth-order valence-electron chi connectivity index (χ4n) is 1.31. The third-order valence-electron chi connectivity index (χ3n) is 1.99. The zero-order chi connectivity index (χ0) is 11.8. The molecule has 2 nitrogen and oxygen atoms in total. The minimum atomic E-state index is -0.549. The second-order valence-corrected chi connectivity index (χ2v) is 3.35. The van der Waals surface area contributed by atoms with Crippen molar-refractivity contribution >= 4 is 0 Å². The Morgan fingerprint density at radius 1 is 1.25 bits per heavy atom. The molecule has 16 heavy (non-hydrogen) atoms. The van der Waals surface area contributed by atoms with Crippen LogP contribution >= 0.6 is 0 Å². The fraction of sp³-hybridized carbons (Fsp3) is 0.333. The van der Waals surface area contributed by atoms with Gasteiger partial charge in [0, 0.05) is 12.6 Å². The van der Waals surface area contributed by atoms with Crippen LogP contribution in [0.4, 0.5) is 8.78 Å². The number of halogens is 2. The van der Waals surface area contributed by atoms with E-state index in [0.717, 1.165) is 19.0 Å². The molecule has 0 saturated carbocycles. The first-order chi connectivity index (χ1) is 7.72. The number of benzene rings is 1. The highest BCUT2D eigenvalue weighted by Crippen LogP contribution is 2.07. The van der Waals surface area contributed by atoms with Crippen LogP contribution in [0.5, 0.6) is 0 Å². The van der Waals surface area contributed by atoms with Crippen LogP contribution < -0.4 is 5.32 Å². The standard InChI is InChI=1S/C12H15F2NO/c1-2-16-5-3-4-15-9-10-6-11(13)8-12(14)7-10/h2,6-8,15H,1,3-5,9H2. The molecule has 1 aromatic carbocycles. The van der Waals surface area contributed by atoms with Gasteiger partial charge in [-0.15, -0.1) is 0 Å². The predicted molar refractivity (Wildman–Crippen MR) is 58.8 cm³/mol. The zero-order valence-corrected chi connectivity index (χ0v) is 9.01. The van der Waals surface area contributed by atoms with Crippen molar-refractivity contribution in [3.8, 4) is 0 Å². The number of ether oxygens (including phenoxy) is 1. The van der Waals surface area contributed by atoms with Gasteiger partial charge < -0.3 is 10.1 Å². The molecule has 1 aromatic rings. The Labute approximate surface area is 93.9 Å². The van der Waals surface area contributed by atoms with Crippen molar-refractivity contribution in [2.24, 2.45) is 0 Å². The second kappa shape index (κ2) is 6.95. The van der Waals surface area contributed by atoms with Gasteiger partial charge in [0.1, 0.15) is 11.6 Å². The lowest BCUT2D eigenvalue weighted by atomic mass is 10.2. The normalized spacial score (nSPS) is 10.1. The molecule has 0 fully saturated rings. The summed E-state index contributed by atoms with van der Waals surface area (Å²) < 4.78 is 30.5. The van der Waals surface area contributed by atoms with Gasteiger partial charge in [-0.05, 0) is 30.7 Å². The lowest BCUT2D eigenvalue weighted by Crippen LogP contribution is -2.16. The van der Waals surface area contributed by atoms with Gasteiger partial charge >= 0.3 is 0 Å². The van der Waals surface area contributed by atoms with E-state index >= 15 is 0 Å². The van der Waals surface area contributed by atoms with Crippen LogP contribution in [0, 0.1) is 11.6 Å². The number of rotatable bonds is 7. The van der Waals surface area contributed by atoms with Gasteiger partial charge in [-0.2, -0.15) is 0 Å². The van der Waals surface area contributed by atoms with Gasteiger partial charge in [0.2, 0.25) is 0 Å². The van der Waals surface area contributed by atoms with Gasteiger partial charge in [0.15, 0.2) is 0 Å². The Bertz CT molecular complexity index is 322. The molecule has 0 aliphatic carbocycles. The molecule has 0 aliphatic heterocycles. The van der Waals surface area contributed by atoms with Gasteiger partial charge in [0.05, 0.1) is 12.9 Å². The summed E-state index contributed by atoms with van der Waals surface area (Å²) in [5.74, 6) is -1.10. The maximum Gasteiger partial charge on any atom is 0.126 e. The molecule has 0 spiro atoms. The third kappa shape index (κ3) is 4.89. The van der Waals surface area contributed by atoms with Crippen molar-refractivity contribution < 1.29 is 13.5 Å². The molecule has 88 valence electrons. The quantitative estimate of drug-likeness (QED) is 0.571. The highest BCUT2D eigenvalue weighted by atomic mass is 19.1. The SMILES string of the molecule is C=COCCCNCc1cc(F)cc(F)c1. The van der Waals surface area contributed by atoms with E-state index in [1.165, 1.54) is 18.4 Å². The van der Waals surface area contributed by atoms with E-state index in [-0.39, 0.29) is 0 Å². The average Bonchev–Trinajstić information content (AvgIpc) is 2.22. The summed E-state index contributed by atoms with van der Waals surface area (Å²) in [6.07, 6.45) is 2.21. The molecule has 0 amide bonds. The van der Waals surface area contributed by atoms with Crippen molar-refractivity contribution in [2.75, 3.05) is 13.2 Å². The zero-order valence-electron chi connectivity index (χ0n) is 9.01. The topological polar surface area (TPSA) is 21.3 Å². The van der Waals surface area contributed by atoms with E-state index in [1.54, 1.807) is 0 Å². The number of hydrogen-bond acceptors (Lipinski definition) is 2. The predicted octanol–water partition coefficient (Wildman–Crippen LogP) is 2.60. The van der Waals surface area contributed by atoms with Gasteiger partial charge in [-0.1, -0.05) is 6.58 Å². The van der Waals surface area contributed by atoms with Crippen LogP contribution in [0.15, 0.2) is 31.0 Å². The van der Waals surface area contributed by atoms with E-state index < -0.39 is 11.6 Å². The van der Waals surface area contributed by atoms with Crippen LogP contribution in [-0.4, -0.2) is 13.2 Å². The first kappa shape index (κ1) is 12.6. The van der Waals surface area contributed by atoms with Crippen LogP contribution in [0.2, 0.25) is 0 Å². The molecule has 1 N–H and O–H groups in total. The Hall–Kier alpha value is -1.42. The third-order valence-corrected chi connectivity index (χ3v) is 1.99. The van der Waals surface area contributed by atoms with Crippen LogP contribution in [0.1, 0.15) is 12.0 Å². The summed E-state index contributed by atoms with van der Waals surface area (Å²) in [4.78, 5) is 0. The summed E-state index contributed by atoms with van der Waals surface area (Å²) in [6.45, 7) is 5.19. The molecule has 1 rings (SSSR count). The van der Waals surface area contributed by atoms with Gasteiger partial charge in [0.25, 0.3) is 0 Å². The van der Waals surface area contributed by atoms with Crippen molar-refractivity contribution in [3.63, 3.8) is 0 Å². The number of nitrogens with one attached hydrogen (secondary N) is 1. The van der Waals surface area contributed by atoms with E-state index in [1.807, 2.05) is 0 Å². The maximum absolute atomic E-state index is 12.8. The van der Waals surface area contributed by atoms with E-state index in [0.29, 0.717) is 18.7 Å². The minimum absolute atomic E-state index is 0.447. The second-order valence-electron chi connectivity index (χ2n) is 3.35. The van der Waals surface area contributed by atoms with Crippen molar-refractivity contribution in [3.05, 3.63) is 48.2 Å². The summed E-state index contributed by atoms with van der Waals surface area (Å²) in [5, 5.41) is 3.07. The van der Waals surface area contributed by atoms with Crippen LogP contribution in [-0.2, 0) is 11.3 Å². The number of hydrogen-bond donors (Lipinski definition) is 1. The fourth-order valence-corrected chi connectivity index (χ4v) is 1.31. The molecule has 0 saturated heterocycles. The summed E-state index contributed by atoms with van der Waals surface area (Å²) in [6, 6.07) is 3.49. The molecule has 0 aliphatic rings. The lowest BCUT2D eigenvalue weighted by Gasteiger charge is -2.05. The first-order valence-electron chi connectivity index (χ1n) is 5.10. The minimum Gasteiger partial charge on any atom is -0.502 e. The average molecular weight is 227 g/mol. The van der Waals surface area contributed by atoms with E-state index in [4.69, 9.17) is 4.74 Å². The van der Waals surface area contributed by atoms with Gasteiger partial charge in [-0.25, -0.2) is 8.78 Å².